The molecule has 0 fully saturated rings. The molecule has 0 bridgehead atoms. The number of hydrogen-bond donors (Lipinski definition) is 1. The van der Waals surface area contributed by atoms with Gasteiger partial charge in [0.2, 0.25) is 10.0 Å². The lowest BCUT2D eigenvalue weighted by Gasteiger charge is -2.09. The van der Waals surface area contributed by atoms with E-state index in [0.29, 0.717) is 5.02 Å². The van der Waals surface area contributed by atoms with Crippen molar-refractivity contribution in [3.05, 3.63) is 56.6 Å². The molecule has 0 aliphatic rings. The van der Waals surface area contributed by atoms with Crippen LogP contribution < -0.4 is 9.88 Å². The van der Waals surface area contributed by atoms with Crippen molar-refractivity contribution in [2.45, 2.75) is 4.90 Å². The van der Waals surface area contributed by atoms with Crippen LogP contribution in [0.4, 0.5) is 5.69 Å². The van der Waals surface area contributed by atoms with E-state index in [2.05, 4.69) is 0 Å². The van der Waals surface area contributed by atoms with Gasteiger partial charge in [-0.1, -0.05) is 23.2 Å². The van der Waals surface area contributed by atoms with Crippen LogP contribution in [0.1, 0.15) is 0 Å². The van der Waals surface area contributed by atoms with Crippen LogP contribution in [0.5, 0.6) is 11.5 Å². The van der Waals surface area contributed by atoms with Crippen molar-refractivity contribution < 1.29 is 18.1 Å². The van der Waals surface area contributed by atoms with Crippen LogP contribution in [0.15, 0.2) is 41.3 Å². The second-order valence-corrected chi connectivity index (χ2v) is 6.48. The Balaban J connectivity index is 2.47. The Morgan fingerprint density at radius 2 is 1.82 bits per heavy atom. The molecule has 2 N–H and O–H groups in total. The van der Waals surface area contributed by atoms with Gasteiger partial charge in [-0.3, -0.25) is 10.1 Å². The van der Waals surface area contributed by atoms with Crippen LogP contribution in [0.25, 0.3) is 0 Å². The SMILES string of the molecule is NS(=O)(=O)c1cc(Oc2ccc(Cl)cc2Cl)ccc1[N+](=O)[O-]. The largest absolute Gasteiger partial charge is 0.456 e. The van der Waals surface area contributed by atoms with Gasteiger partial charge in [0.1, 0.15) is 11.5 Å². The number of nitro benzene ring substituents is 1. The number of nitrogens with two attached hydrogens (primary N) is 1. The fourth-order valence-corrected chi connectivity index (χ4v) is 2.78. The predicted molar refractivity (Wildman–Crippen MR) is 81.0 cm³/mol. The quantitative estimate of drug-likeness (QED) is 0.661. The summed E-state index contributed by atoms with van der Waals surface area (Å²) < 4.78 is 28.3. The van der Waals surface area contributed by atoms with E-state index >= 15 is 0 Å². The topological polar surface area (TPSA) is 113 Å². The van der Waals surface area contributed by atoms with Crippen LogP contribution in [0, 0.1) is 10.1 Å². The molecule has 7 nitrogen and oxygen atoms in total. The molecule has 22 heavy (non-hydrogen) atoms. The molecule has 0 radical (unpaired) electrons. The maximum atomic E-state index is 11.4. The number of nitrogens with zero attached hydrogens (tertiary/aromatic N) is 1. The van der Waals surface area contributed by atoms with Gasteiger partial charge in [0.15, 0.2) is 4.90 Å². The summed E-state index contributed by atoms with van der Waals surface area (Å²) in [6.07, 6.45) is 0. The smallest absolute Gasteiger partial charge is 0.289 e. The summed E-state index contributed by atoms with van der Waals surface area (Å²) in [5, 5.41) is 16.4. The molecular formula is C12H8Cl2N2O5S. The van der Waals surface area contributed by atoms with Crippen molar-refractivity contribution in [3.63, 3.8) is 0 Å². The van der Waals surface area contributed by atoms with Crippen molar-refractivity contribution in [2.75, 3.05) is 0 Å². The summed E-state index contributed by atoms with van der Waals surface area (Å²) in [7, 11) is -4.29. The number of primary sulfonamides is 1. The molecule has 10 heteroatoms. The molecule has 2 aromatic rings. The third-order valence-electron chi connectivity index (χ3n) is 2.56. The molecule has 0 saturated heterocycles. The lowest BCUT2D eigenvalue weighted by atomic mass is 10.3. The summed E-state index contributed by atoms with van der Waals surface area (Å²) in [6, 6.07) is 7.61. The van der Waals surface area contributed by atoms with Crippen LogP contribution in [-0.2, 0) is 10.0 Å². The van der Waals surface area contributed by atoms with E-state index in [1.807, 2.05) is 0 Å². The Morgan fingerprint density at radius 3 is 2.36 bits per heavy atom. The highest BCUT2D eigenvalue weighted by Crippen LogP contribution is 2.34. The van der Waals surface area contributed by atoms with Crippen molar-refractivity contribution in [1.82, 2.24) is 0 Å². The molecule has 0 saturated carbocycles. The van der Waals surface area contributed by atoms with Crippen molar-refractivity contribution in [2.24, 2.45) is 5.14 Å². The lowest BCUT2D eigenvalue weighted by Crippen LogP contribution is -2.14. The summed E-state index contributed by atoms with van der Waals surface area (Å²) in [5.41, 5.74) is -0.642. The van der Waals surface area contributed by atoms with Gasteiger partial charge in [0.05, 0.1) is 9.95 Å². The Bertz CT molecular complexity index is 855. The Kier molecular flexibility index (Phi) is 4.57. The van der Waals surface area contributed by atoms with Crippen LogP contribution in [-0.4, -0.2) is 13.3 Å². The minimum absolute atomic E-state index is 0.0267. The highest BCUT2D eigenvalue weighted by Gasteiger charge is 2.23. The number of rotatable bonds is 4. The predicted octanol–water partition coefficient (Wildman–Crippen LogP) is 3.34. The van der Waals surface area contributed by atoms with Gasteiger partial charge in [-0.05, 0) is 24.3 Å². The lowest BCUT2D eigenvalue weighted by molar-refractivity contribution is -0.387. The third-order valence-corrected chi connectivity index (χ3v) is 4.03. The fourth-order valence-electron chi connectivity index (χ4n) is 1.62. The van der Waals surface area contributed by atoms with Crippen molar-refractivity contribution in [1.29, 1.82) is 0 Å². The first-order valence-corrected chi connectivity index (χ1v) is 7.93. The molecule has 2 aromatic carbocycles. The first kappa shape index (κ1) is 16.5. The second-order valence-electron chi connectivity index (χ2n) is 4.11. The molecule has 116 valence electrons. The standard InChI is InChI=1S/C12H8Cl2N2O5S/c13-7-1-4-11(9(14)5-7)21-8-2-3-10(16(17)18)12(6-8)22(15,19)20/h1-6H,(H2,15,19,20). The molecule has 0 aromatic heterocycles. The van der Waals surface area contributed by atoms with Gasteiger partial charge in [0, 0.05) is 17.2 Å². The van der Waals surface area contributed by atoms with Crippen LogP contribution >= 0.6 is 23.2 Å². The maximum Gasteiger partial charge on any atom is 0.289 e. The highest BCUT2D eigenvalue weighted by atomic mass is 35.5. The van der Waals surface area contributed by atoms with E-state index in [9.17, 15) is 18.5 Å². The normalized spacial score (nSPS) is 11.2. The average molecular weight is 363 g/mol. The minimum Gasteiger partial charge on any atom is -0.456 e. The zero-order chi connectivity index (χ0) is 16.5. The van der Waals surface area contributed by atoms with Gasteiger partial charge in [-0.25, -0.2) is 13.6 Å². The molecule has 0 aliphatic heterocycles. The van der Waals surface area contributed by atoms with Crippen LogP contribution in [0.2, 0.25) is 10.0 Å². The molecule has 0 amide bonds. The van der Waals surface area contributed by atoms with Gasteiger partial charge in [0.25, 0.3) is 5.69 Å². The van der Waals surface area contributed by atoms with E-state index in [0.717, 1.165) is 12.1 Å². The van der Waals surface area contributed by atoms with E-state index in [1.165, 1.54) is 24.3 Å². The highest BCUT2D eigenvalue weighted by molar-refractivity contribution is 7.89. The molecular weight excluding hydrogens is 355 g/mol. The van der Waals surface area contributed by atoms with E-state index in [4.69, 9.17) is 33.1 Å². The number of ether oxygens (including phenoxy) is 1. The van der Waals surface area contributed by atoms with E-state index in [-0.39, 0.29) is 16.5 Å². The average Bonchev–Trinajstić information content (AvgIpc) is 2.40. The molecule has 0 atom stereocenters. The van der Waals surface area contributed by atoms with Crippen molar-refractivity contribution in [3.8, 4) is 11.5 Å². The van der Waals surface area contributed by atoms with Crippen LogP contribution in [0.3, 0.4) is 0 Å². The Labute approximate surface area is 135 Å². The van der Waals surface area contributed by atoms with E-state index in [1.54, 1.807) is 0 Å². The maximum absolute atomic E-state index is 11.4. The van der Waals surface area contributed by atoms with Crippen molar-refractivity contribution >= 4 is 38.9 Å². The third kappa shape index (κ3) is 3.66. The zero-order valence-electron chi connectivity index (χ0n) is 10.7. The molecule has 0 heterocycles. The Morgan fingerprint density at radius 1 is 1.14 bits per heavy atom. The summed E-state index contributed by atoms with van der Waals surface area (Å²) in [6.45, 7) is 0. The first-order valence-electron chi connectivity index (χ1n) is 5.62. The number of hydrogen-bond acceptors (Lipinski definition) is 5. The molecule has 2 rings (SSSR count). The number of benzene rings is 2. The number of halogens is 2. The fraction of sp³-hybridized carbons (Fsp3) is 0. The molecule has 0 unspecified atom stereocenters. The minimum atomic E-state index is -4.29. The van der Waals surface area contributed by atoms with E-state index < -0.39 is 25.5 Å². The molecule has 0 aliphatic carbocycles. The number of nitro groups is 1. The van der Waals surface area contributed by atoms with Gasteiger partial charge < -0.3 is 4.74 Å². The first-order chi connectivity index (χ1) is 10.2. The zero-order valence-corrected chi connectivity index (χ0v) is 13.0. The molecule has 0 spiro atoms. The summed E-state index contributed by atoms with van der Waals surface area (Å²) >= 11 is 11.7. The monoisotopic (exact) mass is 362 g/mol. The summed E-state index contributed by atoms with van der Waals surface area (Å²) in [5.74, 6) is 0.235. The summed E-state index contributed by atoms with van der Waals surface area (Å²) in [4.78, 5) is 9.34. The van der Waals surface area contributed by atoms with Gasteiger partial charge in [-0.2, -0.15) is 0 Å². The number of sulfonamides is 1. The van der Waals surface area contributed by atoms with Gasteiger partial charge >= 0.3 is 0 Å². The second kappa shape index (κ2) is 6.09. The Hall–Kier alpha value is -1.87. The van der Waals surface area contributed by atoms with Gasteiger partial charge in [-0.15, -0.1) is 0 Å².